The predicted octanol–water partition coefficient (Wildman–Crippen LogP) is 2.20. The lowest BCUT2D eigenvalue weighted by Crippen LogP contribution is -2.03. The van der Waals surface area contributed by atoms with Crippen LogP contribution in [0.25, 0.3) is 11.4 Å². The lowest BCUT2D eigenvalue weighted by Gasteiger charge is -2.08. The third-order valence-corrected chi connectivity index (χ3v) is 3.83. The first-order valence-electron chi connectivity index (χ1n) is 6.35. The van der Waals surface area contributed by atoms with Crippen LogP contribution in [0.5, 0.6) is 0 Å². The highest BCUT2D eigenvalue weighted by Crippen LogP contribution is 2.46. The number of hydrogen-bond donors (Lipinski definition) is 1. The summed E-state index contributed by atoms with van der Waals surface area (Å²) < 4.78 is 1.95. The van der Waals surface area contributed by atoms with Crippen LogP contribution in [0.1, 0.15) is 31.4 Å². The standard InChI is InChI=1S/C13H17N5/c1-3-9-7-12(9)18-13(15-16-17-18)10-5-4-6-11(14)8(10)2/h4-6,9,12H,3,7,14H2,1-2H3. The van der Waals surface area contributed by atoms with Crippen molar-refractivity contribution in [2.75, 3.05) is 5.73 Å². The van der Waals surface area contributed by atoms with Crippen molar-refractivity contribution in [3.8, 4) is 11.4 Å². The van der Waals surface area contributed by atoms with Gasteiger partial charge in [-0.3, -0.25) is 0 Å². The lowest BCUT2D eigenvalue weighted by molar-refractivity contribution is 0.563. The number of anilines is 1. The second kappa shape index (κ2) is 4.08. The van der Waals surface area contributed by atoms with Gasteiger partial charge in [0.15, 0.2) is 5.82 Å². The molecule has 1 aliphatic carbocycles. The van der Waals surface area contributed by atoms with E-state index in [9.17, 15) is 0 Å². The van der Waals surface area contributed by atoms with Gasteiger partial charge in [-0.2, -0.15) is 0 Å². The largest absolute Gasteiger partial charge is 0.398 e. The first-order valence-corrected chi connectivity index (χ1v) is 6.35. The quantitative estimate of drug-likeness (QED) is 0.839. The molecule has 1 aliphatic rings. The van der Waals surface area contributed by atoms with Crippen LogP contribution in [0.2, 0.25) is 0 Å². The molecule has 1 saturated carbocycles. The van der Waals surface area contributed by atoms with Gasteiger partial charge < -0.3 is 5.73 Å². The lowest BCUT2D eigenvalue weighted by atomic mass is 10.1. The molecule has 0 amide bonds. The van der Waals surface area contributed by atoms with Gasteiger partial charge in [-0.1, -0.05) is 25.5 Å². The Kier molecular flexibility index (Phi) is 2.54. The third-order valence-electron chi connectivity index (χ3n) is 3.83. The number of benzene rings is 1. The van der Waals surface area contributed by atoms with E-state index in [4.69, 9.17) is 5.73 Å². The fourth-order valence-corrected chi connectivity index (χ4v) is 2.46. The fraction of sp³-hybridized carbons (Fsp3) is 0.462. The van der Waals surface area contributed by atoms with Gasteiger partial charge in [0.25, 0.3) is 0 Å². The SMILES string of the molecule is CCC1CC1n1nnnc1-c1cccc(N)c1C. The molecule has 0 aliphatic heterocycles. The van der Waals surface area contributed by atoms with E-state index in [0.29, 0.717) is 12.0 Å². The van der Waals surface area contributed by atoms with Crippen LogP contribution in [0.15, 0.2) is 18.2 Å². The minimum Gasteiger partial charge on any atom is -0.398 e. The summed E-state index contributed by atoms with van der Waals surface area (Å²) in [6.45, 7) is 4.22. The molecule has 2 N–H and O–H groups in total. The molecule has 1 fully saturated rings. The molecule has 0 bridgehead atoms. The summed E-state index contributed by atoms with van der Waals surface area (Å²) in [5.41, 5.74) is 8.80. The summed E-state index contributed by atoms with van der Waals surface area (Å²) in [6.07, 6.45) is 2.36. The molecule has 0 spiro atoms. The van der Waals surface area contributed by atoms with E-state index >= 15 is 0 Å². The Morgan fingerprint density at radius 1 is 1.44 bits per heavy atom. The Morgan fingerprint density at radius 2 is 2.28 bits per heavy atom. The third kappa shape index (κ3) is 1.66. The molecule has 5 nitrogen and oxygen atoms in total. The highest BCUT2D eigenvalue weighted by molar-refractivity contribution is 5.67. The highest BCUT2D eigenvalue weighted by Gasteiger charge is 2.39. The van der Waals surface area contributed by atoms with E-state index in [-0.39, 0.29) is 0 Å². The molecule has 5 heteroatoms. The van der Waals surface area contributed by atoms with Gasteiger partial charge >= 0.3 is 0 Å². The van der Waals surface area contributed by atoms with Crippen molar-refractivity contribution in [2.45, 2.75) is 32.7 Å². The van der Waals surface area contributed by atoms with Crippen LogP contribution in [-0.2, 0) is 0 Å². The van der Waals surface area contributed by atoms with Crippen molar-refractivity contribution < 1.29 is 0 Å². The maximum atomic E-state index is 5.94. The van der Waals surface area contributed by atoms with Gasteiger partial charge in [0.05, 0.1) is 6.04 Å². The van der Waals surface area contributed by atoms with Crippen LogP contribution in [0.3, 0.4) is 0 Å². The Morgan fingerprint density at radius 3 is 3.00 bits per heavy atom. The van der Waals surface area contributed by atoms with Gasteiger partial charge in [-0.25, -0.2) is 4.68 Å². The van der Waals surface area contributed by atoms with Crippen molar-refractivity contribution in [3.05, 3.63) is 23.8 Å². The molecule has 2 atom stereocenters. The van der Waals surface area contributed by atoms with Crippen molar-refractivity contribution in [2.24, 2.45) is 5.92 Å². The Labute approximate surface area is 106 Å². The molecule has 1 aromatic carbocycles. The normalized spacial score (nSPS) is 22.1. The first-order chi connectivity index (χ1) is 8.72. The number of hydrogen-bond acceptors (Lipinski definition) is 4. The van der Waals surface area contributed by atoms with Crippen molar-refractivity contribution in [1.29, 1.82) is 0 Å². The molecule has 2 aromatic rings. The molecule has 1 aromatic heterocycles. The van der Waals surface area contributed by atoms with Crippen molar-refractivity contribution in [3.63, 3.8) is 0 Å². The molecule has 0 saturated heterocycles. The highest BCUT2D eigenvalue weighted by atomic mass is 15.6. The molecular formula is C13H17N5. The summed E-state index contributed by atoms with van der Waals surface area (Å²) in [5, 5.41) is 12.1. The smallest absolute Gasteiger partial charge is 0.182 e. The zero-order chi connectivity index (χ0) is 12.7. The van der Waals surface area contributed by atoms with Gasteiger partial charge in [0.1, 0.15) is 0 Å². The second-order valence-electron chi connectivity index (χ2n) is 4.94. The van der Waals surface area contributed by atoms with E-state index < -0.39 is 0 Å². The molecule has 18 heavy (non-hydrogen) atoms. The fourth-order valence-electron chi connectivity index (χ4n) is 2.46. The molecule has 2 unspecified atom stereocenters. The number of nitrogens with zero attached hydrogens (tertiary/aromatic N) is 4. The van der Waals surface area contributed by atoms with E-state index in [1.165, 1.54) is 12.8 Å². The average molecular weight is 243 g/mol. The minimum atomic E-state index is 0.459. The molecular weight excluding hydrogens is 226 g/mol. The minimum absolute atomic E-state index is 0.459. The van der Waals surface area contributed by atoms with Crippen molar-refractivity contribution >= 4 is 5.69 Å². The topological polar surface area (TPSA) is 69.6 Å². The maximum Gasteiger partial charge on any atom is 0.182 e. The molecule has 94 valence electrons. The zero-order valence-corrected chi connectivity index (χ0v) is 10.7. The molecule has 3 rings (SSSR count). The Hall–Kier alpha value is -1.91. The summed E-state index contributed by atoms with van der Waals surface area (Å²) in [4.78, 5) is 0. The summed E-state index contributed by atoms with van der Waals surface area (Å²) in [5.74, 6) is 1.55. The maximum absolute atomic E-state index is 5.94. The summed E-state index contributed by atoms with van der Waals surface area (Å²) in [7, 11) is 0. The van der Waals surface area contributed by atoms with Gasteiger partial charge in [-0.15, -0.1) is 5.10 Å². The second-order valence-corrected chi connectivity index (χ2v) is 4.94. The number of nitrogens with two attached hydrogens (primary N) is 1. The number of nitrogen functional groups attached to an aromatic ring is 1. The van der Waals surface area contributed by atoms with Gasteiger partial charge in [0.2, 0.25) is 0 Å². The first kappa shape index (κ1) is 11.2. The number of tetrazole rings is 1. The van der Waals surface area contributed by atoms with Crippen LogP contribution >= 0.6 is 0 Å². The van der Waals surface area contributed by atoms with Crippen molar-refractivity contribution in [1.82, 2.24) is 20.2 Å². The monoisotopic (exact) mass is 243 g/mol. The van der Waals surface area contributed by atoms with Gasteiger partial charge in [-0.05, 0) is 41.3 Å². The van der Waals surface area contributed by atoms with Crippen LogP contribution in [-0.4, -0.2) is 20.2 Å². The molecule has 0 radical (unpaired) electrons. The molecule has 1 heterocycles. The zero-order valence-electron chi connectivity index (χ0n) is 10.7. The number of rotatable bonds is 3. The van der Waals surface area contributed by atoms with Crippen LogP contribution in [0.4, 0.5) is 5.69 Å². The Bertz CT molecular complexity index is 575. The summed E-state index contributed by atoms with van der Waals surface area (Å²) in [6, 6.07) is 6.33. The summed E-state index contributed by atoms with van der Waals surface area (Å²) >= 11 is 0. The van der Waals surface area contributed by atoms with E-state index in [1.807, 2.05) is 29.8 Å². The Balaban J connectivity index is 2.03. The van der Waals surface area contributed by atoms with E-state index in [1.54, 1.807) is 0 Å². The van der Waals surface area contributed by atoms with Gasteiger partial charge in [0, 0.05) is 11.3 Å². The number of aromatic nitrogens is 4. The predicted molar refractivity (Wildman–Crippen MR) is 69.8 cm³/mol. The van der Waals surface area contributed by atoms with E-state index in [2.05, 4.69) is 22.4 Å². The van der Waals surface area contributed by atoms with Crippen LogP contribution < -0.4 is 5.73 Å². The average Bonchev–Trinajstić information content (AvgIpc) is 3.01. The van der Waals surface area contributed by atoms with E-state index in [0.717, 1.165) is 22.6 Å². The van der Waals surface area contributed by atoms with Crippen LogP contribution in [0, 0.1) is 12.8 Å².